The molecule has 0 N–H and O–H groups in total. The summed E-state index contributed by atoms with van der Waals surface area (Å²) in [5.74, 6) is -0.116. The Morgan fingerprint density at radius 3 is 1.94 bits per heavy atom. The van der Waals surface area contributed by atoms with Gasteiger partial charge in [0.25, 0.3) is 0 Å². The first-order chi connectivity index (χ1) is 7.72. The summed E-state index contributed by atoms with van der Waals surface area (Å²) in [6, 6.07) is 9.68. The van der Waals surface area contributed by atoms with E-state index in [4.69, 9.17) is 4.74 Å². The number of methoxy groups -OCH3 is 1. The van der Waals surface area contributed by atoms with Crippen LogP contribution in [0.4, 0.5) is 0 Å². The molecule has 0 aromatic heterocycles. The molecular weight excluding hydrogens is 212 g/mol. The zero-order valence-corrected chi connectivity index (χ0v) is 8.84. The second-order valence-electron chi connectivity index (χ2n) is 2.84. The van der Waals surface area contributed by atoms with Gasteiger partial charge in [-0.2, -0.15) is 0 Å². The monoisotopic (exact) mass is 224 g/mol. The lowest BCUT2D eigenvalue weighted by Gasteiger charge is -2.09. The Balaban J connectivity index is 0.000000160. The molecule has 0 amide bonds. The zero-order valence-electron chi connectivity index (χ0n) is 8.84. The van der Waals surface area contributed by atoms with Gasteiger partial charge in [0.1, 0.15) is 12.2 Å². The Morgan fingerprint density at radius 2 is 1.62 bits per heavy atom. The summed E-state index contributed by atoms with van der Waals surface area (Å²) in [6.45, 7) is -0.225. The lowest BCUT2D eigenvalue weighted by atomic mass is 10.3. The van der Waals surface area contributed by atoms with E-state index in [2.05, 4.69) is 9.47 Å². The fourth-order valence-corrected chi connectivity index (χ4v) is 0.937. The van der Waals surface area contributed by atoms with Crippen LogP contribution < -0.4 is 4.74 Å². The minimum atomic E-state index is -0.513. The molecular formula is C11H12O5. The lowest BCUT2D eigenvalue weighted by molar-refractivity contribution is -0.181. The smallest absolute Gasteiger partial charge is 0.320 e. The van der Waals surface area contributed by atoms with Gasteiger partial charge in [-0.05, 0) is 12.1 Å². The Bertz CT molecular complexity index is 333. The van der Waals surface area contributed by atoms with Gasteiger partial charge in [0, 0.05) is 0 Å². The Labute approximate surface area is 92.9 Å². The number of ether oxygens (including phenoxy) is 3. The van der Waals surface area contributed by atoms with E-state index < -0.39 is 11.9 Å². The molecule has 1 aliphatic heterocycles. The largest absolute Gasteiger partial charge is 0.497 e. The van der Waals surface area contributed by atoms with Crippen molar-refractivity contribution in [2.24, 2.45) is 0 Å². The van der Waals surface area contributed by atoms with Gasteiger partial charge >= 0.3 is 11.9 Å². The second-order valence-corrected chi connectivity index (χ2v) is 2.84. The molecule has 1 aromatic rings. The fourth-order valence-electron chi connectivity index (χ4n) is 0.937. The maximum absolute atomic E-state index is 10.2. The summed E-state index contributed by atoms with van der Waals surface area (Å²) in [5.41, 5.74) is 0. The van der Waals surface area contributed by atoms with E-state index in [1.54, 1.807) is 7.11 Å². The number of hydrogen-bond donors (Lipinski definition) is 0. The van der Waals surface area contributed by atoms with Crippen molar-refractivity contribution < 1.29 is 23.8 Å². The highest BCUT2D eigenvalue weighted by Gasteiger charge is 2.17. The molecule has 1 saturated heterocycles. The number of hydrogen-bond acceptors (Lipinski definition) is 5. The van der Waals surface area contributed by atoms with Crippen LogP contribution in [0.1, 0.15) is 6.42 Å². The standard InChI is InChI=1S/C7H8O.C4H4O4/c1-8-7-5-3-2-4-6-7;5-3-1-4(6)8-2-7-3/h2-6H,1H3;1-2H2. The molecule has 0 radical (unpaired) electrons. The van der Waals surface area contributed by atoms with Crippen LogP contribution in [0.2, 0.25) is 0 Å². The van der Waals surface area contributed by atoms with E-state index in [9.17, 15) is 9.59 Å². The summed E-state index contributed by atoms with van der Waals surface area (Å²) in [4.78, 5) is 20.3. The van der Waals surface area contributed by atoms with Gasteiger partial charge in [-0.25, -0.2) is 0 Å². The molecule has 0 aliphatic carbocycles. The van der Waals surface area contributed by atoms with Gasteiger partial charge in [0.2, 0.25) is 6.79 Å². The number of carbonyl (C=O) groups is 2. The topological polar surface area (TPSA) is 61.8 Å². The molecule has 5 heteroatoms. The van der Waals surface area contributed by atoms with E-state index in [0.29, 0.717) is 0 Å². The quantitative estimate of drug-likeness (QED) is 0.528. The number of para-hydroxylation sites is 1. The number of carbonyl (C=O) groups excluding carboxylic acids is 2. The Morgan fingerprint density at radius 1 is 1.06 bits per heavy atom. The molecule has 0 unspecified atom stereocenters. The molecule has 0 spiro atoms. The molecule has 0 saturated carbocycles. The van der Waals surface area contributed by atoms with Crippen molar-refractivity contribution in [3.05, 3.63) is 30.3 Å². The van der Waals surface area contributed by atoms with Crippen molar-refractivity contribution >= 4 is 11.9 Å². The van der Waals surface area contributed by atoms with Crippen LogP contribution in [0.25, 0.3) is 0 Å². The maximum Gasteiger partial charge on any atom is 0.320 e. The van der Waals surface area contributed by atoms with Crippen LogP contribution in [0.15, 0.2) is 30.3 Å². The number of benzene rings is 1. The van der Waals surface area contributed by atoms with Gasteiger partial charge < -0.3 is 14.2 Å². The highest BCUT2D eigenvalue weighted by atomic mass is 16.7. The third kappa shape index (κ3) is 4.45. The van der Waals surface area contributed by atoms with Gasteiger partial charge in [0.15, 0.2) is 0 Å². The van der Waals surface area contributed by atoms with Crippen LogP contribution in [0.5, 0.6) is 5.75 Å². The second kappa shape index (κ2) is 6.44. The SMILES string of the molecule is COc1ccccc1.O=C1CC(=O)OCO1. The van der Waals surface area contributed by atoms with Crippen LogP contribution in [-0.4, -0.2) is 25.8 Å². The first-order valence-electron chi connectivity index (χ1n) is 4.62. The molecule has 1 aliphatic rings. The van der Waals surface area contributed by atoms with E-state index in [1.807, 2.05) is 30.3 Å². The van der Waals surface area contributed by atoms with Crippen molar-refractivity contribution in [2.45, 2.75) is 6.42 Å². The third-order valence-electron chi connectivity index (χ3n) is 1.71. The van der Waals surface area contributed by atoms with Crippen molar-refractivity contribution in [2.75, 3.05) is 13.9 Å². The van der Waals surface area contributed by atoms with Gasteiger partial charge in [-0.1, -0.05) is 18.2 Å². The molecule has 0 bridgehead atoms. The molecule has 2 rings (SSSR count). The van der Waals surface area contributed by atoms with E-state index in [0.717, 1.165) is 5.75 Å². The van der Waals surface area contributed by atoms with Crippen molar-refractivity contribution in [1.82, 2.24) is 0 Å². The number of esters is 2. The highest BCUT2D eigenvalue weighted by Crippen LogP contribution is 2.05. The number of cyclic esters (lactones) is 2. The first-order valence-corrected chi connectivity index (χ1v) is 4.62. The summed E-state index contributed by atoms with van der Waals surface area (Å²) in [6.07, 6.45) is -0.250. The Kier molecular flexibility index (Phi) is 4.85. The molecule has 1 aromatic carbocycles. The average molecular weight is 224 g/mol. The number of rotatable bonds is 1. The predicted octanol–water partition coefficient (Wildman–Crippen LogP) is 1.13. The van der Waals surface area contributed by atoms with E-state index in [-0.39, 0.29) is 13.2 Å². The maximum atomic E-state index is 10.2. The van der Waals surface area contributed by atoms with Crippen LogP contribution in [0.3, 0.4) is 0 Å². The van der Waals surface area contributed by atoms with Crippen LogP contribution >= 0.6 is 0 Å². The summed E-state index contributed by atoms with van der Waals surface area (Å²) in [7, 11) is 1.66. The van der Waals surface area contributed by atoms with Crippen molar-refractivity contribution in [1.29, 1.82) is 0 Å². The van der Waals surface area contributed by atoms with Crippen molar-refractivity contribution in [3.63, 3.8) is 0 Å². The average Bonchev–Trinajstić information content (AvgIpc) is 2.31. The van der Waals surface area contributed by atoms with Crippen LogP contribution in [-0.2, 0) is 19.1 Å². The molecule has 5 nitrogen and oxygen atoms in total. The minimum absolute atomic E-state index is 0.225. The minimum Gasteiger partial charge on any atom is -0.497 e. The lowest BCUT2D eigenvalue weighted by Crippen LogP contribution is -2.22. The first kappa shape index (κ1) is 12.0. The molecule has 1 fully saturated rings. The van der Waals surface area contributed by atoms with E-state index >= 15 is 0 Å². The fraction of sp³-hybridized carbons (Fsp3) is 0.273. The highest BCUT2D eigenvalue weighted by molar-refractivity contribution is 5.92. The molecule has 16 heavy (non-hydrogen) atoms. The van der Waals surface area contributed by atoms with Gasteiger partial charge in [-0.15, -0.1) is 0 Å². The normalized spacial score (nSPS) is 14.1. The Hall–Kier alpha value is -2.04. The molecule has 0 atom stereocenters. The molecule has 1 heterocycles. The zero-order chi connectivity index (χ0) is 11.8. The molecule has 86 valence electrons. The van der Waals surface area contributed by atoms with Crippen LogP contribution in [0, 0.1) is 0 Å². The summed E-state index contributed by atoms with van der Waals surface area (Å²) in [5, 5.41) is 0. The van der Waals surface area contributed by atoms with Crippen molar-refractivity contribution in [3.8, 4) is 5.75 Å². The summed E-state index contributed by atoms with van der Waals surface area (Å²) >= 11 is 0. The predicted molar refractivity (Wildman–Crippen MR) is 54.7 cm³/mol. The van der Waals surface area contributed by atoms with E-state index in [1.165, 1.54) is 0 Å². The summed E-state index contributed by atoms with van der Waals surface area (Å²) < 4.78 is 13.4. The van der Waals surface area contributed by atoms with Gasteiger partial charge in [-0.3, -0.25) is 9.59 Å². The van der Waals surface area contributed by atoms with Gasteiger partial charge in [0.05, 0.1) is 7.11 Å². The third-order valence-corrected chi connectivity index (χ3v) is 1.71.